The fraction of sp³-hybridized carbons (Fsp3) is 0.333. The molecule has 2 amide bonds. The second-order valence-corrected chi connectivity index (χ2v) is 4.14. The van der Waals surface area contributed by atoms with E-state index < -0.39 is 29.6 Å². The molecule has 0 bridgehead atoms. The molecule has 1 atom stereocenters. The number of carbonyl (C=O) groups excluding carboxylic acids is 2. The molecule has 1 N–H and O–H groups in total. The molecule has 1 aliphatic rings. The number of fused-ring (bicyclic) bond motifs is 1. The van der Waals surface area contributed by atoms with Crippen LogP contribution >= 0.6 is 0 Å². The van der Waals surface area contributed by atoms with Gasteiger partial charge in [0.2, 0.25) is 0 Å². The molecule has 0 fully saturated rings. The van der Waals surface area contributed by atoms with Crippen molar-refractivity contribution in [3.05, 3.63) is 34.9 Å². The van der Waals surface area contributed by atoms with E-state index in [1.54, 1.807) is 0 Å². The summed E-state index contributed by atoms with van der Waals surface area (Å²) < 4.78 is 30.8. The molecule has 2 rings (SSSR count). The lowest BCUT2D eigenvalue weighted by Gasteiger charge is -2.17. The van der Waals surface area contributed by atoms with Gasteiger partial charge in [0.15, 0.2) is 11.6 Å². The van der Waals surface area contributed by atoms with Crippen LogP contribution in [-0.4, -0.2) is 48.2 Å². The number of benzene rings is 1. The van der Waals surface area contributed by atoms with E-state index in [4.69, 9.17) is 0 Å². The van der Waals surface area contributed by atoms with Gasteiger partial charge in [-0.3, -0.25) is 14.5 Å². The van der Waals surface area contributed by atoms with Gasteiger partial charge in [-0.25, -0.2) is 8.78 Å². The highest BCUT2D eigenvalue weighted by atomic mass is 19.2. The predicted molar refractivity (Wildman–Crippen MR) is 59.6 cm³/mol. The number of imide groups is 1. The number of hydrogen-bond donors (Lipinski definition) is 1. The minimum absolute atomic E-state index is 0.0594. The van der Waals surface area contributed by atoms with Crippen molar-refractivity contribution in [3.63, 3.8) is 0 Å². The van der Waals surface area contributed by atoms with Gasteiger partial charge in [-0.2, -0.15) is 0 Å². The molecule has 102 valence electrons. The third-order valence-electron chi connectivity index (χ3n) is 2.76. The summed E-state index contributed by atoms with van der Waals surface area (Å²) in [6, 6.07) is 1.38. The molecule has 0 spiro atoms. The maximum Gasteiger partial charge on any atom is 0.261 e. The quantitative estimate of drug-likeness (QED) is 0.813. The number of aliphatic hydroxyl groups is 1. The fourth-order valence-corrected chi connectivity index (χ4v) is 1.91. The number of amides is 2. The van der Waals surface area contributed by atoms with E-state index >= 15 is 0 Å². The molecule has 0 aliphatic carbocycles. The molecule has 1 heterocycles. The number of carbonyl (C=O) groups is 2. The Morgan fingerprint density at radius 3 is 2.11 bits per heavy atom. The summed E-state index contributed by atoms with van der Waals surface area (Å²) in [6.07, 6.45) is -1.05. The van der Waals surface area contributed by atoms with Crippen LogP contribution in [0, 0.1) is 11.6 Å². The molecule has 0 saturated heterocycles. The number of aliphatic hydroxyl groups excluding tert-OH is 1. The van der Waals surface area contributed by atoms with Gasteiger partial charge >= 0.3 is 0 Å². The lowest BCUT2D eigenvalue weighted by atomic mass is 10.1. The van der Waals surface area contributed by atoms with Gasteiger partial charge < -0.3 is 9.84 Å². The van der Waals surface area contributed by atoms with Crippen LogP contribution in [0.5, 0.6) is 0 Å². The van der Waals surface area contributed by atoms with E-state index in [2.05, 4.69) is 4.74 Å². The van der Waals surface area contributed by atoms with Crippen molar-refractivity contribution in [1.82, 2.24) is 4.90 Å². The van der Waals surface area contributed by atoms with E-state index in [0.717, 1.165) is 4.90 Å². The summed E-state index contributed by atoms with van der Waals surface area (Å²) in [5.74, 6) is -3.90. The zero-order valence-electron chi connectivity index (χ0n) is 10.0. The van der Waals surface area contributed by atoms with Crippen molar-refractivity contribution >= 4 is 11.8 Å². The van der Waals surface area contributed by atoms with Crippen LogP contribution in [-0.2, 0) is 4.74 Å². The first-order chi connectivity index (χ1) is 8.95. The summed E-state index contributed by atoms with van der Waals surface area (Å²) >= 11 is 0. The van der Waals surface area contributed by atoms with Gasteiger partial charge in [0, 0.05) is 7.11 Å². The van der Waals surface area contributed by atoms with Crippen LogP contribution < -0.4 is 0 Å². The van der Waals surface area contributed by atoms with Gasteiger partial charge in [0.05, 0.1) is 30.4 Å². The van der Waals surface area contributed by atoms with Crippen molar-refractivity contribution < 1.29 is 28.2 Å². The van der Waals surface area contributed by atoms with Crippen LogP contribution in [0.4, 0.5) is 8.78 Å². The van der Waals surface area contributed by atoms with E-state index in [-0.39, 0.29) is 24.3 Å². The lowest BCUT2D eigenvalue weighted by Crippen LogP contribution is -2.38. The second kappa shape index (κ2) is 5.02. The Kier molecular flexibility index (Phi) is 3.59. The maximum atomic E-state index is 13.1. The van der Waals surface area contributed by atoms with E-state index in [0.29, 0.717) is 12.1 Å². The monoisotopic (exact) mass is 271 g/mol. The zero-order chi connectivity index (χ0) is 14.2. The van der Waals surface area contributed by atoms with Gasteiger partial charge in [0.1, 0.15) is 0 Å². The lowest BCUT2D eigenvalue weighted by molar-refractivity contribution is 0.0323. The molecule has 1 aromatic carbocycles. The van der Waals surface area contributed by atoms with Gasteiger partial charge in [-0.15, -0.1) is 0 Å². The molecule has 1 unspecified atom stereocenters. The number of methoxy groups -OCH3 is 1. The summed E-state index contributed by atoms with van der Waals surface area (Å²) in [4.78, 5) is 24.5. The highest BCUT2D eigenvalue weighted by Gasteiger charge is 2.37. The molecular weight excluding hydrogens is 260 g/mol. The first-order valence-corrected chi connectivity index (χ1v) is 5.48. The average Bonchev–Trinajstić information content (AvgIpc) is 2.56. The SMILES string of the molecule is COCC(O)CN1C(=O)c2cc(F)c(F)cc2C1=O. The van der Waals surface area contributed by atoms with E-state index in [1.165, 1.54) is 7.11 Å². The molecule has 1 aromatic rings. The van der Waals surface area contributed by atoms with E-state index in [1.807, 2.05) is 0 Å². The predicted octanol–water partition coefficient (Wildman–Crippen LogP) is 0.568. The first kappa shape index (κ1) is 13.6. The normalized spacial score (nSPS) is 15.9. The van der Waals surface area contributed by atoms with Crippen molar-refractivity contribution in [3.8, 4) is 0 Å². The third-order valence-corrected chi connectivity index (χ3v) is 2.76. The van der Waals surface area contributed by atoms with Crippen molar-refractivity contribution in [2.75, 3.05) is 20.3 Å². The minimum atomic E-state index is -1.20. The molecule has 0 aromatic heterocycles. The third kappa shape index (κ3) is 2.34. The highest BCUT2D eigenvalue weighted by molar-refractivity contribution is 6.21. The minimum Gasteiger partial charge on any atom is -0.389 e. The van der Waals surface area contributed by atoms with Gasteiger partial charge in [0.25, 0.3) is 11.8 Å². The largest absolute Gasteiger partial charge is 0.389 e. The number of halogens is 2. The molecule has 0 radical (unpaired) electrons. The average molecular weight is 271 g/mol. The number of nitrogens with zero attached hydrogens (tertiary/aromatic N) is 1. The van der Waals surface area contributed by atoms with E-state index in [9.17, 15) is 23.5 Å². The molecular formula is C12H11F2NO4. The summed E-state index contributed by atoms with van der Waals surface area (Å²) in [6.45, 7) is -0.348. The standard InChI is InChI=1S/C12H11F2NO4/c1-19-5-6(16)4-15-11(17)7-2-9(13)10(14)3-8(7)12(15)18/h2-3,6,16H,4-5H2,1H3. The number of hydrogen-bond acceptors (Lipinski definition) is 4. The van der Waals surface area contributed by atoms with Gasteiger partial charge in [-0.1, -0.05) is 0 Å². The Labute approximate surface area is 107 Å². The molecule has 19 heavy (non-hydrogen) atoms. The zero-order valence-corrected chi connectivity index (χ0v) is 10.0. The number of β-amino-alcohol motifs (C(OH)–C–C–N with tert-alkyl or cyclic N) is 1. The van der Waals surface area contributed by atoms with Crippen LogP contribution in [0.15, 0.2) is 12.1 Å². The number of rotatable bonds is 4. The van der Waals surface area contributed by atoms with Crippen LogP contribution in [0.25, 0.3) is 0 Å². The van der Waals surface area contributed by atoms with Crippen LogP contribution in [0.1, 0.15) is 20.7 Å². The van der Waals surface area contributed by atoms with Crippen LogP contribution in [0.3, 0.4) is 0 Å². The summed E-state index contributed by atoms with van der Waals surface area (Å²) in [5, 5.41) is 9.51. The smallest absolute Gasteiger partial charge is 0.261 e. The summed E-state index contributed by atoms with van der Waals surface area (Å²) in [5.41, 5.74) is -0.401. The molecule has 0 saturated carbocycles. The van der Waals surface area contributed by atoms with Crippen molar-refractivity contribution in [2.24, 2.45) is 0 Å². The van der Waals surface area contributed by atoms with Crippen molar-refractivity contribution in [2.45, 2.75) is 6.10 Å². The molecule has 7 heteroatoms. The van der Waals surface area contributed by atoms with Crippen molar-refractivity contribution in [1.29, 1.82) is 0 Å². The first-order valence-electron chi connectivity index (χ1n) is 5.48. The molecule has 1 aliphatic heterocycles. The van der Waals surface area contributed by atoms with Crippen LogP contribution in [0.2, 0.25) is 0 Å². The molecule has 5 nitrogen and oxygen atoms in total. The topological polar surface area (TPSA) is 66.8 Å². The fourth-order valence-electron chi connectivity index (χ4n) is 1.91. The Hall–Kier alpha value is -1.86. The number of ether oxygens (including phenoxy) is 1. The maximum absolute atomic E-state index is 13.1. The Morgan fingerprint density at radius 2 is 1.68 bits per heavy atom. The highest BCUT2D eigenvalue weighted by Crippen LogP contribution is 2.25. The Balaban J connectivity index is 2.29. The summed E-state index contributed by atoms with van der Waals surface area (Å²) in [7, 11) is 1.36. The van der Waals surface area contributed by atoms with Gasteiger partial charge in [-0.05, 0) is 12.1 Å². The Bertz CT molecular complexity index is 506. The Morgan fingerprint density at radius 1 is 1.21 bits per heavy atom. The second-order valence-electron chi connectivity index (χ2n) is 4.14.